The zero-order valence-corrected chi connectivity index (χ0v) is 23.6. The molecule has 214 valence electrons. The third-order valence-electron chi connectivity index (χ3n) is 6.88. The lowest BCUT2D eigenvalue weighted by Gasteiger charge is -2.32. The van der Waals surface area contributed by atoms with Crippen LogP contribution in [0, 0.1) is 0 Å². The molecular weight excluding hydrogens is 534 g/mol. The van der Waals surface area contributed by atoms with Gasteiger partial charge in [0.25, 0.3) is 5.91 Å². The number of aromatic nitrogens is 3. The number of carbonyl (C=O) groups is 2. The molecule has 4 aromatic carbocycles. The van der Waals surface area contributed by atoms with Gasteiger partial charge < -0.3 is 24.4 Å². The van der Waals surface area contributed by atoms with Crippen molar-refractivity contribution in [2.24, 2.45) is 0 Å². The average Bonchev–Trinajstić information content (AvgIpc) is 3.44. The van der Waals surface area contributed by atoms with Gasteiger partial charge in [0.2, 0.25) is 5.91 Å². The Kier molecular flexibility index (Phi) is 8.62. The molecule has 1 atom stereocenters. The molecule has 0 aliphatic heterocycles. The van der Waals surface area contributed by atoms with Crippen LogP contribution < -0.4 is 19.5 Å². The third-order valence-corrected chi connectivity index (χ3v) is 6.88. The summed E-state index contributed by atoms with van der Waals surface area (Å²) in [5.41, 5.74) is 3.31. The van der Waals surface area contributed by atoms with Crippen LogP contribution in [-0.4, -0.2) is 53.0 Å². The fourth-order valence-corrected chi connectivity index (χ4v) is 4.72. The van der Waals surface area contributed by atoms with Crippen molar-refractivity contribution in [1.29, 1.82) is 0 Å². The number of nitrogens with zero attached hydrogens (tertiary/aromatic N) is 4. The van der Waals surface area contributed by atoms with Crippen LogP contribution in [0.15, 0.2) is 97.1 Å². The minimum absolute atomic E-state index is 0.112. The van der Waals surface area contributed by atoms with E-state index in [4.69, 9.17) is 14.2 Å². The molecule has 10 nitrogen and oxygen atoms in total. The van der Waals surface area contributed by atoms with Crippen LogP contribution in [0.25, 0.3) is 11.0 Å². The maximum absolute atomic E-state index is 14.2. The van der Waals surface area contributed by atoms with E-state index in [-0.39, 0.29) is 19.0 Å². The van der Waals surface area contributed by atoms with Gasteiger partial charge in [-0.3, -0.25) is 9.59 Å². The standard InChI is InChI=1S/C32H31N5O5/c1-40-24-15-13-23(14-16-24)31(32(39)33-27-18-17-25(41-2)19-29(27)42-3)36(20-22-9-5-4-6-10-22)30(38)21-37-28-12-8-7-11-26(28)34-35-37/h4-19,31H,20-21H2,1-3H3,(H,33,39)/t31-/m1/s1. The Morgan fingerprint density at radius 1 is 0.833 bits per heavy atom. The minimum atomic E-state index is -1.01. The van der Waals surface area contributed by atoms with E-state index in [9.17, 15) is 9.59 Å². The smallest absolute Gasteiger partial charge is 0.251 e. The maximum atomic E-state index is 14.2. The second kappa shape index (κ2) is 12.9. The number of ether oxygens (including phenoxy) is 3. The predicted octanol–water partition coefficient (Wildman–Crippen LogP) is 4.87. The Morgan fingerprint density at radius 2 is 1.52 bits per heavy atom. The van der Waals surface area contributed by atoms with E-state index in [0.717, 1.165) is 11.1 Å². The third kappa shape index (κ3) is 6.17. The molecule has 0 spiro atoms. The van der Waals surface area contributed by atoms with Crippen molar-refractivity contribution < 1.29 is 23.8 Å². The van der Waals surface area contributed by atoms with E-state index >= 15 is 0 Å². The highest BCUT2D eigenvalue weighted by Crippen LogP contribution is 2.32. The first kappa shape index (κ1) is 28.2. The lowest BCUT2D eigenvalue weighted by atomic mass is 10.0. The van der Waals surface area contributed by atoms with Crippen molar-refractivity contribution in [2.45, 2.75) is 19.1 Å². The Bertz CT molecular complexity index is 1670. The fourth-order valence-electron chi connectivity index (χ4n) is 4.72. The molecule has 0 saturated heterocycles. The van der Waals surface area contributed by atoms with Gasteiger partial charge in [0.1, 0.15) is 35.4 Å². The van der Waals surface area contributed by atoms with Crippen LogP contribution in [0.1, 0.15) is 17.2 Å². The van der Waals surface area contributed by atoms with Gasteiger partial charge in [0, 0.05) is 12.6 Å². The number of anilines is 1. The number of benzene rings is 4. The first-order chi connectivity index (χ1) is 20.5. The van der Waals surface area contributed by atoms with Gasteiger partial charge in [-0.1, -0.05) is 59.8 Å². The van der Waals surface area contributed by atoms with Crippen molar-refractivity contribution >= 4 is 28.5 Å². The summed E-state index contributed by atoms with van der Waals surface area (Å²) in [6, 6.07) is 28.1. The Morgan fingerprint density at radius 3 is 2.24 bits per heavy atom. The number of fused-ring (bicyclic) bond motifs is 1. The monoisotopic (exact) mass is 565 g/mol. The average molecular weight is 566 g/mol. The predicted molar refractivity (Wildman–Crippen MR) is 158 cm³/mol. The van der Waals surface area contributed by atoms with Crippen LogP contribution in [0.5, 0.6) is 17.2 Å². The highest BCUT2D eigenvalue weighted by Gasteiger charge is 2.33. The van der Waals surface area contributed by atoms with Crippen molar-refractivity contribution in [3.63, 3.8) is 0 Å². The van der Waals surface area contributed by atoms with E-state index in [2.05, 4.69) is 15.6 Å². The number of hydrogen-bond acceptors (Lipinski definition) is 7. The number of methoxy groups -OCH3 is 3. The molecule has 2 amide bonds. The van der Waals surface area contributed by atoms with Crippen LogP contribution in [-0.2, 0) is 22.7 Å². The number of amides is 2. The maximum Gasteiger partial charge on any atom is 0.251 e. The summed E-state index contributed by atoms with van der Waals surface area (Å²) >= 11 is 0. The minimum Gasteiger partial charge on any atom is -0.497 e. The van der Waals surface area contributed by atoms with Crippen molar-refractivity contribution in [1.82, 2.24) is 19.9 Å². The van der Waals surface area contributed by atoms with Gasteiger partial charge in [-0.25, -0.2) is 4.68 Å². The SMILES string of the molecule is COc1ccc([C@H](C(=O)Nc2ccc(OC)cc2OC)N(Cc2ccccc2)C(=O)Cn2nnc3ccccc32)cc1. The quantitative estimate of drug-likeness (QED) is 0.244. The number of para-hydroxylation sites is 1. The topological polar surface area (TPSA) is 108 Å². The van der Waals surface area contributed by atoms with Gasteiger partial charge in [0.05, 0.1) is 32.5 Å². The molecule has 0 radical (unpaired) electrons. The summed E-state index contributed by atoms with van der Waals surface area (Å²) in [6.07, 6.45) is 0. The molecule has 0 unspecified atom stereocenters. The van der Waals surface area contributed by atoms with Crippen molar-refractivity contribution in [2.75, 3.05) is 26.6 Å². The Labute approximate surface area is 243 Å². The molecule has 1 aromatic heterocycles. The van der Waals surface area contributed by atoms with Gasteiger partial charge in [0.15, 0.2) is 0 Å². The van der Waals surface area contributed by atoms with E-state index in [1.54, 1.807) is 66.3 Å². The highest BCUT2D eigenvalue weighted by atomic mass is 16.5. The molecule has 5 rings (SSSR count). The summed E-state index contributed by atoms with van der Waals surface area (Å²) in [6.45, 7) is 0.0648. The number of nitrogens with one attached hydrogen (secondary N) is 1. The zero-order valence-electron chi connectivity index (χ0n) is 23.6. The van der Waals surface area contributed by atoms with Crippen molar-refractivity contribution in [3.05, 3.63) is 108 Å². The molecule has 0 aliphatic carbocycles. The van der Waals surface area contributed by atoms with Crippen LogP contribution in [0.3, 0.4) is 0 Å². The molecule has 0 bridgehead atoms. The van der Waals surface area contributed by atoms with Gasteiger partial charge in [-0.15, -0.1) is 5.10 Å². The fraction of sp³-hybridized carbons (Fsp3) is 0.188. The summed E-state index contributed by atoms with van der Waals surface area (Å²) in [4.78, 5) is 29.9. The number of hydrogen-bond donors (Lipinski definition) is 1. The largest absolute Gasteiger partial charge is 0.497 e. The lowest BCUT2D eigenvalue weighted by molar-refractivity contribution is -0.140. The van der Waals surface area contributed by atoms with Crippen molar-refractivity contribution in [3.8, 4) is 17.2 Å². The van der Waals surface area contributed by atoms with Crippen LogP contribution in [0.2, 0.25) is 0 Å². The van der Waals surface area contributed by atoms with E-state index in [0.29, 0.717) is 34.0 Å². The van der Waals surface area contributed by atoms with Gasteiger partial charge in [-0.05, 0) is 47.5 Å². The molecular formula is C32H31N5O5. The summed E-state index contributed by atoms with van der Waals surface area (Å²) in [7, 11) is 4.64. The normalized spacial score (nSPS) is 11.5. The first-order valence-corrected chi connectivity index (χ1v) is 13.3. The van der Waals surface area contributed by atoms with Crippen LogP contribution in [0.4, 0.5) is 5.69 Å². The molecule has 42 heavy (non-hydrogen) atoms. The van der Waals surface area contributed by atoms with Gasteiger partial charge in [-0.2, -0.15) is 0 Å². The Hall–Kier alpha value is -5.38. The summed E-state index contributed by atoms with van der Waals surface area (Å²) in [5.74, 6) is 0.900. The zero-order chi connectivity index (χ0) is 29.5. The molecule has 0 saturated carbocycles. The number of rotatable bonds is 11. The van der Waals surface area contributed by atoms with Gasteiger partial charge >= 0.3 is 0 Å². The van der Waals surface area contributed by atoms with E-state index < -0.39 is 11.9 Å². The molecule has 1 N–H and O–H groups in total. The lowest BCUT2D eigenvalue weighted by Crippen LogP contribution is -2.42. The van der Waals surface area contributed by atoms with E-state index in [1.807, 2.05) is 54.6 Å². The number of carbonyl (C=O) groups excluding carboxylic acids is 2. The summed E-state index contributed by atoms with van der Waals surface area (Å²) < 4.78 is 17.7. The molecule has 1 heterocycles. The second-order valence-corrected chi connectivity index (χ2v) is 9.47. The molecule has 0 fully saturated rings. The summed E-state index contributed by atoms with van der Waals surface area (Å²) in [5, 5.41) is 11.4. The first-order valence-electron chi connectivity index (χ1n) is 13.3. The van der Waals surface area contributed by atoms with E-state index in [1.165, 1.54) is 7.11 Å². The van der Waals surface area contributed by atoms with Crippen LogP contribution >= 0.6 is 0 Å². The molecule has 5 aromatic rings. The molecule has 0 aliphatic rings. The Balaban J connectivity index is 1.56. The highest BCUT2D eigenvalue weighted by molar-refractivity contribution is 5.99. The second-order valence-electron chi connectivity index (χ2n) is 9.47. The molecule has 10 heteroatoms.